The molecule has 2 N–H and O–H groups in total. The Bertz CT molecular complexity index is 216. The van der Waals surface area contributed by atoms with E-state index in [1.54, 1.807) is 14.2 Å². The van der Waals surface area contributed by atoms with Gasteiger partial charge in [-0.05, 0) is 18.9 Å². The molecular weight excluding hydrogens is 232 g/mol. The molecule has 0 aliphatic carbocycles. The van der Waals surface area contributed by atoms with Crippen LogP contribution >= 0.6 is 0 Å². The number of hydrogen-bond donors (Lipinski definition) is 2. The lowest BCUT2D eigenvalue weighted by Crippen LogP contribution is -2.48. The van der Waals surface area contributed by atoms with Crippen molar-refractivity contribution in [2.24, 2.45) is 5.92 Å². The largest absolute Gasteiger partial charge is 0.390 e. The Hall–Kier alpha value is -0.200. The van der Waals surface area contributed by atoms with Crippen LogP contribution in [0.5, 0.6) is 0 Å². The fourth-order valence-electron chi connectivity index (χ4n) is 2.38. The van der Waals surface area contributed by atoms with Crippen molar-refractivity contribution in [2.75, 3.05) is 53.6 Å². The lowest BCUT2D eigenvalue weighted by atomic mass is 9.95. The maximum absolute atomic E-state index is 9.94. The molecule has 5 heteroatoms. The van der Waals surface area contributed by atoms with Crippen LogP contribution in [0, 0.1) is 5.92 Å². The van der Waals surface area contributed by atoms with Gasteiger partial charge in [-0.3, -0.25) is 4.90 Å². The molecule has 0 spiro atoms. The van der Waals surface area contributed by atoms with Crippen molar-refractivity contribution >= 4 is 0 Å². The van der Waals surface area contributed by atoms with Crippen LogP contribution in [0.4, 0.5) is 0 Å². The summed E-state index contributed by atoms with van der Waals surface area (Å²) in [6.45, 7) is 7.00. The average Bonchev–Trinajstić information content (AvgIpc) is 2.37. The Morgan fingerprint density at radius 1 is 1.44 bits per heavy atom. The predicted octanol–water partition coefficient (Wildman–Crippen LogP) is -0.0599. The van der Waals surface area contributed by atoms with E-state index in [2.05, 4.69) is 17.1 Å². The molecule has 1 aliphatic rings. The van der Waals surface area contributed by atoms with Crippen molar-refractivity contribution in [3.63, 3.8) is 0 Å². The van der Waals surface area contributed by atoms with Crippen LogP contribution in [0.1, 0.15) is 13.3 Å². The van der Waals surface area contributed by atoms with E-state index in [1.165, 1.54) is 0 Å². The number of nitrogens with one attached hydrogen (secondary N) is 1. The highest BCUT2D eigenvalue weighted by atomic mass is 16.5. The standard InChI is InChI=1S/C13H28N2O3/c1-11-4-6-15(10-13(11)18-3)9-12(16)8-14-5-7-17-2/h11-14,16H,4-10H2,1-3H3. The van der Waals surface area contributed by atoms with Gasteiger partial charge in [0.1, 0.15) is 0 Å². The molecule has 0 bridgehead atoms. The fraction of sp³-hybridized carbons (Fsp3) is 1.00. The Morgan fingerprint density at radius 2 is 2.22 bits per heavy atom. The molecule has 3 atom stereocenters. The predicted molar refractivity (Wildman–Crippen MR) is 71.8 cm³/mol. The molecule has 0 amide bonds. The van der Waals surface area contributed by atoms with Crippen molar-refractivity contribution < 1.29 is 14.6 Å². The average molecular weight is 260 g/mol. The number of aliphatic hydroxyl groups is 1. The van der Waals surface area contributed by atoms with Gasteiger partial charge < -0.3 is 19.9 Å². The third-order valence-corrected chi connectivity index (χ3v) is 3.61. The number of nitrogens with zero attached hydrogens (tertiary/aromatic N) is 1. The topological polar surface area (TPSA) is 54.0 Å². The molecule has 1 rings (SSSR count). The molecular formula is C13H28N2O3. The van der Waals surface area contributed by atoms with E-state index in [-0.39, 0.29) is 6.10 Å². The summed E-state index contributed by atoms with van der Waals surface area (Å²) >= 11 is 0. The van der Waals surface area contributed by atoms with Crippen LogP contribution in [0.25, 0.3) is 0 Å². The molecule has 5 nitrogen and oxygen atoms in total. The molecule has 1 heterocycles. The van der Waals surface area contributed by atoms with Crippen molar-refractivity contribution in [1.29, 1.82) is 0 Å². The number of hydrogen-bond acceptors (Lipinski definition) is 5. The highest BCUT2D eigenvalue weighted by Crippen LogP contribution is 2.19. The van der Waals surface area contributed by atoms with Gasteiger partial charge in [0.15, 0.2) is 0 Å². The Balaban J connectivity index is 2.17. The van der Waals surface area contributed by atoms with E-state index in [0.717, 1.165) is 26.1 Å². The lowest BCUT2D eigenvalue weighted by Gasteiger charge is -2.37. The number of ether oxygens (including phenoxy) is 2. The van der Waals surface area contributed by atoms with Gasteiger partial charge in [0.05, 0.1) is 18.8 Å². The SMILES string of the molecule is COCCNCC(O)CN1CCC(C)C(OC)C1. The van der Waals surface area contributed by atoms with Crippen molar-refractivity contribution in [1.82, 2.24) is 10.2 Å². The second-order valence-electron chi connectivity index (χ2n) is 5.15. The van der Waals surface area contributed by atoms with Crippen molar-refractivity contribution in [2.45, 2.75) is 25.6 Å². The lowest BCUT2D eigenvalue weighted by molar-refractivity contribution is -0.0176. The molecule has 3 unspecified atom stereocenters. The molecule has 0 aromatic carbocycles. The van der Waals surface area contributed by atoms with E-state index in [0.29, 0.717) is 31.7 Å². The number of methoxy groups -OCH3 is 2. The first kappa shape index (κ1) is 15.9. The summed E-state index contributed by atoms with van der Waals surface area (Å²) in [5, 5.41) is 13.1. The van der Waals surface area contributed by atoms with Crippen molar-refractivity contribution in [3.05, 3.63) is 0 Å². The van der Waals surface area contributed by atoms with Gasteiger partial charge in [-0.1, -0.05) is 6.92 Å². The zero-order valence-corrected chi connectivity index (χ0v) is 11.9. The van der Waals surface area contributed by atoms with E-state index in [1.807, 2.05) is 0 Å². The van der Waals surface area contributed by atoms with Gasteiger partial charge in [0.25, 0.3) is 0 Å². The normalized spacial score (nSPS) is 27.3. The highest BCUT2D eigenvalue weighted by Gasteiger charge is 2.26. The van der Waals surface area contributed by atoms with Crippen LogP contribution in [0.15, 0.2) is 0 Å². The Morgan fingerprint density at radius 3 is 2.89 bits per heavy atom. The Labute approximate surface area is 110 Å². The second-order valence-corrected chi connectivity index (χ2v) is 5.15. The fourth-order valence-corrected chi connectivity index (χ4v) is 2.38. The molecule has 1 saturated heterocycles. The van der Waals surface area contributed by atoms with Crippen LogP contribution in [0.3, 0.4) is 0 Å². The molecule has 0 radical (unpaired) electrons. The van der Waals surface area contributed by atoms with E-state index in [9.17, 15) is 5.11 Å². The molecule has 0 aromatic heterocycles. The minimum Gasteiger partial charge on any atom is -0.390 e. The highest BCUT2D eigenvalue weighted by molar-refractivity contribution is 4.80. The summed E-state index contributed by atoms with van der Waals surface area (Å²) in [5.74, 6) is 0.614. The van der Waals surface area contributed by atoms with Crippen LogP contribution < -0.4 is 5.32 Å². The minimum atomic E-state index is -0.326. The summed E-state index contributed by atoms with van der Waals surface area (Å²) < 4.78 is 10.4. The first-order valence-corrected chi connectivity index (χ1v) is 6.80. The summed E-state index contributed by atoms with van der Waals surface area (Å²) in [7, 11) is 3.45. The first-order valence-electron chi connectivity index (χ1n) is 6.80. The number of likely N-dealkylation sites (tertiary alicyclic amines) is 1. The van der Waals surface area contributed by atoms with E-state index >= 15 is 0 Å². The zero-order chi connectivity index (χ0) is 13.4. The van der Waals surface area contributed by atoms with Crippen molar-refractivity contribution in [3.8, 4) is 0 Å². The third kappa shape index (κ3) is 5.63. The summed E-state index contributed by atoms with van der Waals surface area (Å²) in [5.41, 5.74) is 0. The number of rotatable bonds is 8. The maximum atomic E-state index is 9.94. The van der Waals surface area contributed by atoms with Crippen LogP contribution in [0.2, 0.25) is 0 Å². The first-order chi connectivity index (χ1) is 8.67. The number of β-amino-alcohol motifs (C(OH)–C–C–N with tert-alkyl or cyclic N) is 1. The van der Waals surface area contributed by atoms with E-state index < -0.39 is 0 Å². The maximum Gasteiger partial charge on any atom is 0.0791 e. The van der Waals surface area contributed by atoms with Gasteiger partial charge in [-0.15, -0.1) is 0 Å². The smallest absolute Gasteiger partial charge is 0.0791 e. The monoisotopic (exact) mass is 260 g/mol. The van der Waals surface area contributed by atoms with Crippen LogP contribution in [-0.4, -0.2) is 75.8 Å². The molecule has 108 valence electrons. The number of piperidine rings is 1. The number of aliphatic hydroxyl groups excluding tert-OH is 1. The summed E-state index contributed by atoms with van der Waals surface area (Å²) in [4.78, 5) is 2.29. The molecule has 0 saturated carbocycles. The molecule has 0 aromatic rings. The second kappa shape index (κ2) is 8.82. The molecule has 1 fully saturated rings. The third-order valence-electron chi connectivity index (χ3n) is 3.61. The van der Waals surface area contributed by atoms with Gasteiger partial charge in [-0.2, -0.15) is 0 Å². The van der Waals surface area contributed by atoms with Gasteiger partial charge in [0.2, 0.25) is 0 Å². The van der Waals surface area contributed by atoms with E-state index in [4.69, 9.17) is 9.47 Å². The quantitative estimate of drug-likeness (QED) is 0.599. The Kier molecular flexibility index (Phi) is 7.77. The zero-order valence-electron chi connectivity index (χ0n) is 11.9. The van der Waals surface area contributed by atoms with Gasteiger partial charge in [0, 0.05) is 40.4 Å². The van der Waals surface area contributed by atoms with Crippen LogP contribution in [-0.2, 0) is 9.47 Å². The molecule has 1 aliphatic heterocycles. The molecule has 18 heavy (non-hydrogen) atoms. The van der Waals surface area contributed by atoms with Gasteiger partial charge >= 0.3 is 0 Å². The summed E-state index contributed by atoms with van der Waals surface area (Å²) in [6.07, 6.45) is 1.11. The summed E-state index contributed by atoms with van der Waals surface area (Å²) in [6, 6.07) is 0. The minimum absolute atomic E-state index is 0.299. The van der Waals surface area contributed by atoms with Gasteiger partial charge in [-0.25, -0.2) is 0 Å².